The number of halogens is 2. The lowest BCUT2D eigenvalue weighted by atomic mass is 10.1. The first-order valence-corrected chi connectivity index (χ1v) is 10.2. The summed E-state index contributed by atoms with van der Waals surface area (Å²) in [4.78, 5) is 1.39. The molecule has 0 radical (unpaired) electrons. The number of aryl methyl sites for hydroxylation is 1. The molecule has 0 aliphatic carbocycles. The molecule has 27 heavy (non-hydrogen) atoms. The maximum atomic E-state index is 14.0. The summed E-state index contributed by atoms with van der Waals surface area (Å²) in [5.41, 5.74) is 1.80. The number of hydrogen-bond acceptors (Lipinski definition) is 4. The van der Waals surface area contributed by atoms with Crippen molar-refractivity contribution >= 4 is 10.0 Å². The molecule has 0 amide bonds. The zero-order valence-corrected chi connectivity index (χ0v) is 15.8. The van der Waals surface area contributed by atoms with Gasteiger partial charge in [-0.1, -0.05) is 29.8 Å². The third-order valence-corrected chi connectivity index (χ3v) is 5.99. The van der Waals surface area contributed by atoms with E-state index >= 15 is 0 Å². The van der Waals surface area contributed by atoms with E-state index in [9.17, 15) is 17.2 Å². The molecule has 146 valence electrons. The molecule has 3 rings (SSSR count). The van der Waals surface area contributed by atoms with Gasteiger partial charge >= 0.3 is 0 Å². The van der Waals surface area contributed by atoms with Gasteiger partial charge in [-0.15, -0.1) is 0 Å². The molecular formula is C19H22F2N2O3S. The topological polar surface area (TPSA) is 58.6 Å². The van der Waals surface area contributed by atoms with Crippen LogP contribution in [0.3, 0.4) is 0 Å². The fraction of sp³-hybridized carbons (Fsp3) is 0.368. The number of nitrogens with zero attached hydrogens (tertiary/aromatic N) is 1. The van der Waals surface area contributed by atoms with Gasteiger partial charge in [0, 0.05) is 19.6 Å². The molecule has 1 N–H and O–H groups in total. The largest absolute Gasteiger partial charge is 0.379 e. The van der Waals surface area contributed by atoms with Crippen molar-refractivity contribution in [3.63, 3.8) is 0 Å². The van der Waals surface area contributed by atoms with Crippen molar-refractivity contribution < 1.29 is 21.9 Å². The zero-order chi connectivity index (χ0) is 19.4. The fourth-order valence-electron chi connectivity index (χ4n) is 2.99. The molecule has 2 aromatic rings. The van der Waals surface area contributed by atoms with Gasteiger partial charge in [-0.05, 0) is 30.7 Å². The summed E-state index contributed by atoms with van der Waals surface area (Å²) in [6, 6.07) is 9.24. The van der Waals surface area contributed by atoms with E-state index in [1.807, 2.05) is 31.2 Å². The second-order valence-electron chi connectivity index (χ2n) is 6.57. The summed E-state index contributed by atoms with van der Waals surface area (Å²) in [5, 5.41) is 0. The zero-order valence-electron chi connectivity index (χ0n) is 15.0. The van der Waals surface area contributed by atoms with E-state index in [2.05, 4.69) is 9.62 Å². The molecule has 1 saturated heterocycles. The molecule has 8 heteroatoms. The van der Waals surface area contributed by atoms with Crippen LogP contribution in [0.25, 0.3) is 0 Å². The standard InChI is InChI=1S/C19H22F2N2O3S/c1-14-2-4-15(5-3-14)18(13-23-8-10-26-11-9-23)22-27(24,25)19-12-16(20)6-7-17(19)21/h2-7,12,18,22H,8-11,13H2,1H3/t18-/m1/s1. The van der Waals surface area contributed by atoms with E-state index in [0.717, 1.165) is 23.3 Å². The molecule has 1 fully saturated rings. The number of ether oxygens (including phenoxy) is 1. The van der Waals surface area contributed by atoms with Gasteiger partial charge in [-0.25, -0.2) is 21.9 Å². The molecule has 1 heterocycles. The monoisotopic (exact) mass is 396 g/mol. The van der Waals surface area contributed by atoms with Gasteiger partial charge in [-0.3, -0.25) is 4.90 Å². The molecule has 1 atom stereocenters. The molecule has 0 unspecified atom stereocenters. The van der Waals surface area contributed by atoms with Gasteiger partial charge in [0.25, 0.3) is 0 Å². The predicted molar refractivity (Wildman–Crippen MR) is 97.9 cm³/mol. The lowest BCUT2D eigenvalue weighted by molar-refractivity contribution is 0.0345. The van der Waals surface area contributed by atoms with Crippen molar-refractivity contribution in [3.8, 4) is 0 Å². The summed E-state index contributed by atoms with van der Waals surface area (Å²) in [6.07, 6.45) is 0. The number of hydrogen-bond donors (Lipinski definition) is 1. The maximum Gasteiger partial charge on any atom is 0.244 e. The Morgan fingerprint density at radius 3 is 2.44 bits per heavy atom. The molecule has 1 aliphatic rings. The minimum absolute atomic E-state index is 0.405. The number of sulfonamides is 1. The van der Waals surface area contributed by atoms with Crippen LogP contribution in [0.4, 0.5) is 8.78 Å². The molecule has 0 bridgehead atoms. The number of rotatable bonds is 6. The second-order valence-corrected chi connectivity index (χ2v) is 8.25. The van der Waals surface area contributed by atoms with Crippen LogP contribution in [0.1, 0.15) is 17.2 Å². The molecule has 0 saturated carbocycles. The highest BCUT2D eigenvalue weighted by Gasteiger charge is 2.27. The summed E-state index contributed by atoms with van der Waals surface area (Å²) < 4.78 is 60.8. The predicted octanol–water partition coefficient (Wildman–Crippen LogP) is 2.63. The lowest BCUT2D eigenvalue weighted by Crippen LogP contribution is -2.43. The third-order valence-electron chi connectivity index (χ3n) is 4.50. The second kappa shape index (κ2) is 8.43. The van der Waals surface area contributed by atoms with Gasteiger partial charge < -0.3 is 4.74 Å². The van der Waals surface area contributed by atoms with Crippen LogP contribution < -0.4 is 4.72 Å². The van der Waals surface area contributed by atoms with Crippen LogP contribution in [0, 0.1) is 18.6 Å². The van der Waals surface area contributed by atoms with E-state index in [1.165, 1.54) is 0 Å². The van der Waals surface area contributed by atoms with Gasteiger partial charge in [-0.2, -0.15) is 0 Å². The average molecular weight is 396 g/mol. The highest BCUT2D eigenvalue weighted by Crippen LogP contribution is 2.22. The van der Waals surface area contributed by atoms with Gasteiger partial charge in [0.1, 0.15) is 16.5 Å². The summed E-state index contributed by atoms with van der Waals surface area (Å²) in [5.74, 6) is -1.80. The molecular weight excluding hydrogens is 374 g/mol. The summed E-state index contributed by atoms with van der Waals surface area (Å²) >= 11 is 0. The number of benzene rings is 2. The quantitative estimate of drug-likeness (QED) is 0.816. The van der Waals surface area contributed by atoms with E-state index in [-0.39, 0.29) is 0 Å². The average Bonchev–Trinajstić information content (AvgIpc) is 2.64. The van der Waals surface area contributed by atoms with Gasteiger partial charge in [0.05, 0.1) is 19.3 Å². The van der Waals surface area contributed by atoms with Crippen LogP contribution >= 0.6 is 0 Å². The van der Waals surface area contributed by atoms with Crippen molar-refractivity contribution in [3.05, 3.63) is 65.2 Å². The number of morpholine rings is 1. The first-order valence-electron chi connectivity index (χ1n) is 8.69. The van der Waals surface area contributed by atoms with E-state index in [0.29, 0.717) is 38.9 Å². The first-order chi connectivity index (χ1) is 12.8. The van der Waals surface area contributed by atoms with E-state index in [4.69, 9.17) is 4.74 Å². The highest BCUT2D eigenvalue weighted by atomic mass is 32.2. The van der Waals surface area contributed by atoms with Gasteiger partial charge in [0.2, 0.25) is 10.0 Å². The summed E-state index contributed by atoms with van der Waals surface area (Å²) in [6.45, 7) is 4.85. The van der Waals surface area contributed by atoms with Crippen molar-refractivity contribution in [1.29, 1.82) is 0 Å². The SMILES string of the molecule is Cc1ccc([C@@H](CN2CCOCC2)NS(=O)(=O)c2cc(F)ccc2F)cc1. The Labute approximate surface area is 158 Å². The number of nitrogens with one attached hydrogen (secondary N) is 1. The molecule has 0 aromatic heterocycles. The Morgan fingerprint density at radius 1 is 1.11 bits per heavy atom. The molecule has 2 aromatic carbocycles. The van der Waals surface area contributed by atoms with Crippen LogP contribution in [-0.2, 0) is 14.8 Å². The fourth-order valence-corrected chi connectivity index (χ4v) is 4.29. The summed E-state index contributed by atoms with van der Waals surface area (Å²) in [7, 11) is -4.24. The minimum Gasteiger partial charge on any atom is -0.379 e. The molecule has 1 aliphatic heterocycles. The van der Waals surface area contributed by atoms with Crippen molar-refractivity contribution in [2.75, 3.05) is 32.8 Å². The Hall–Kier alpha value is -1.87. The lowest BCUT2D eigenvalue weighted by Gasteiger charge is -2.31. The normalized spacial score (nSPS) is 17.0. The van der Waals surface area contributed by atoms with Crippen LogP contribution in [-0.4, -0.2) is 46.2 Å². The smallest absolute Gasteiger partial charge is 0.244 e. The Bertz CT molecular complexity index is 882. The Morgan fingerprint density at radius 2 is 1.78 bits per heavy atom. The van der Waals surface area contributed by atoms with Crippen molar-refractivity contribution in [2.24, 2.45) is 0 Å². The minimum atomic E-state index is -4.24. The third kappa shape index (κ3) is 5.10. The van der Waals surface area contributed by atoms with Crippen LogP contribution in [0.2, 0.25) is 0 Å². The van der Waals surface area contributed by atoms with E-state index in [1.54, 1.807) is 0 Å². The Balaban J connectivity index is 1.89. The first kappa shape index (κ1) is 19.9. The molecule has 0 spiro atoms. The maximum absolute atomic E-state index is 14.0. The van der Waals surface area contributed by atoms with Gasteiger partial charge in [0.15, 0.2) is 0 Å². The van der Waals surface area contributed by atoms with Crippen LogP contribution in [0.15, 0.2) is 47.4 Å². The highest BCUT2D eigenvalue weighted by molar-refractivity contribution is 7.89. The van der Waals surface area contributed by atoms with Crippen molar-refractivity contribution in [1.82, 2.24) is 9.62 Å². The molecule has 5 nitrogen and oxygen atoms in total. The van der Waals surface area contributed by atoms with Crippen molar-refractivity contribution in [2.45, 2.75) is 17.9 Å². The Kier molecular flexibility index (Phi) is 6.21. The van der Waals surface area contributed by atoms with E-state index < -0.39 is 32.6 Å². The van der Waals surface area contributed by atoms with Crippen LogP contribution in [0.5, 0.6) is 0 Å².